The Morgan fingerprint density at radius 2 is 2.08 bits per heavy atom. The summed E-state index contributed by atoms with van der Waals surface area (Å²) in [7, 11) is 0. The van der Waals surface area contributed by atoms with Crippen LogP contribution < -0.4 is 14.8 Å². The molecular formula is C20H22BrNO4. The van der Waals surface area contributed by atoms with Crippen LogP contribution in [0, 0.1) is 6.92 Å². The Hall–Kier alpha value is -2.05. The first-order valence-corrected chi connectivity index (χ1v) is 9.43. The van der Waals surface area contributed by atoms with E-state index < -0.39 is 0 Å². The van der Waals surface area contributed by atoms with Crippen LogP contribution in [0.15, 0.2) is 46.9 Å². The van der Waals surface area contributed by atoms with E-state index >= 15 is 0 Å². The minimum absolute atomic E-state index is 0.0535. The summed E-state index contributed by atoms with van der Waals surface area (Å²) in [6, 6.07) is 12.9. The highest BCUT2D eigenvalue weighted by Crippen LogP contribution is 2.22. The zero-order chi connectivity index (χ0) is 18.4. The Bertz CT molecular complexity index is 759. The van der Waals surface area contributed by atoms with E-state index in [1.54, 1.807) is 6.07 Å². The molecule has 0 aliphatic carbocycles. The van der Waals surface area contributed by atoms with Crippen molar-refractivity contribution in [1.82, 2.24) is 0 Å². The number of nitrogens with one attached hydrogen (secondary N) is 1. The third kappa shape index (κ3) is 5.47. The number of rotatable bonds is 7. The predicted octanol–water partition coefficient (Wildman–Crippen LogP) is 4.33. The first-order chi connectivity index (χ1) is 12.6. The normalized spacial score (nSPS) is 16.3. The summed E-state index contributed by atoms with van der Waals surface area (Å²) in [6.07, 6.45) is 2.28. The number of hydrogen-bond donors (Lipinski definition) is 1. The molecule has 2 aromatic rings. The average Bonchev–Trinajstić information content (AvgIpc) is 3.15. The third-order valence-corrected chi connectivity index (χ3v) is 4.97. The van der Waals surface area contributed by atoms with E-state index in [1.807, 2.05) is 43.3 Å². The third-order valence-electron chi connectivity index (χ3n) is 4.08. The standard InChI is InChI=1S/C20H22BrNO4/c1-14-10-17(7-8-19(14)21)26-13-20(23)22-15-4-2-5-16(11-15)25-12-18-6-3-9-24-18/h2,4-5,7-8,10-11,18H,3,6,9,12-13H2,1H3,(H,22,23). The van der Waals surface area contributed by atoms with Gasteiger partial charge >= 0.3 is 0 Å². The largest absolute Gasteiger partial charge is 0.491 e. The van der Waals surface area contributed by atoms with E-state index in [0.717, 1.165) is 29.5 Å². The van der Waals surface area contributed by atoms with Gasteiger partial charge in [-0.3, -0.25) is 4.79 Å². The molecule has 0 saturated carbocycles. The van der Waals surface area contributed by atoms with Gasteiger partial charge in [-0.25, -0.2) is 0 Å². The van der Waals surface area contributed by atoms with Gasteiger partial charge in [0.2, 0.25) is 0 Å². The van der Waals surface area contributed by atoms with Crippen LogP contribution in [-0.2, 0) is 9.53 Å². The average molecular weight is 420 g/mol. The Kier molecular flexibility index (Phi) is 6.52. The van der Waals surface area contributed by atoms with Crippen molar-refractivity contribution in [2.24, 2.45) is 0 Å². The van der Waals surface area contributed by atoms with Crippen molar-refractivity contribution in [2.45, 2.75) is 25.9 Å². The Morgan fingerprint density at radius 1 is 1.23 bits per heavy atom. The van der Waals surface area contributed by atoms with Gasteiger partial charge in [-0.05, 0) is 55.7 Å². The molecule has 0 radical (unpaired) electrons. The lowest BCUT2D eigenvalue weighted by Gasteiger charge is -2.13. The fourth-order valence-electron chi connectivity index (χ4n) is 2.68. The second-order valence-electron chi connectivity index (χ2n) is 6.22. The summed E-state index contributed by atoms with van der Waals surface area (Å²) in [5.74, 6) is 1.15. The van der Waals surface area contributed by atoms with E-state index in [9.17, 15) is 4.79 Å². The maximum Gasteiger partial charge on any atom is 0.262 e. The zero-order valence-electron chi connectivity index (χ0n) is 14.7. The summed E-state index contributed by atoms with van der Waals surface area (Å²) < 4.78 is 17.8. The van der Waals surface area contributed by atoms with Gasteiger partial charge < -0.3 is 19.5 Å². The molecule has 1 unspecified atom stereocenters. The van der Waals surface area contributed by atoms with Crippen molar-refractivity contribution >= 4 is 27.5 Å². The van der Waals surface area contributed by atoms with Crippen molar-refractivity contribution < 1.29 is 19.0 Å². The molecule has 1 amide bonds. The number of halogens is 1. The van der Waals surface area contributed by atoms with Crippen LogP contribution in [0.2, 0.25) is 0 Å². The van der Waals surface area contributed by atoms with E-state index in [-0.39, 0.29) is 18.6 Å². The molecule has 3 rings (SSSR count). The highest BCUT2D eigenvalue weighted by atomic mass is 79.9. The maximum absolute atomic E-state index is 12.1. The van der Waals surface area contributed by atoms with Gasteiger partial charge in [-0.1, -0.05) is 22.0 Å². The number of aryl methyl sites for hydroxylation is 1. The van der Waals surface area contributed by atoms with Gasteiger partial charge in [0, 0.05) is 22.8 Å². The van der Waals surface area contributed by atoms with Crippen molar-refractivity contribution in [3.63, 3.8) is 0 Å². The van der Waals surface area contributed by atoms with Crippen LogP contribution in [-0.4, -0.2) is 31.8 Å². The van der Waals surface area contributed by atoms with Gasteiger partial charge in [0.05, 0.1) is 6.10 Å². The van der Waals surface area contributed by atoms with E-state index in [1.165, 1.54) is 0 Å². The molecule has 1 heterocycles. The highest BCUT2D eigenvalue weighted by molar-refractivity contribution is 9.10. The molecule has 26 heavy (non-hydrogen) atoms. The molecule has 2 aromatic carbocycles. The monoisotopic (exact) mass is 419 g/mol. The number of hydrogen-bond acceptors (Lipinski definition) is 4. The Labute approximate surface area is 161 Å². The number of carbonyl (C=O) groups excluding carboxylic acids is 1. The van der Waals surface area contributed by atoms with Gasteiger partial charge in [0.1, 0.15) is 18.1 Å². The molecule has 1 N–H and O–H groups in total. The molecule has 0 aromatic heterocycles. The highest BCUT2D eigenvalue weighted by Gasteiger charge is 2.16. The van der Waals surface area contributed by atoms with Crippen molar-refractivity contribution in [2.75, 3.05) is 25.1 Å². The first-order valence-electron chi connectivity index (χ1n) is 8.63. The van der Waals surface area contributed by atoms with Crippen LogP contribution in [0.3, 0.4) is 0 Å². The van der Waals surface area contributed by atoms with Crippen molar-refractivity contribution in [1.29, 1.82) is 0 Å². The van der Waals surface area contributed by atoms with Crippen molar-refractivity contribution in [3.05, 3.63) is 52.5 Å². The molecule has 1 atom stereocenters. The van der Waals surface area contributed by atoms with Crippen LogP contribution in [0.4, 0.5) is 5.69 Å². The second kappa shape index (κ2) is 9.05. The summed E-state index contributed by atoms with van der Waals surface area (Å²) in [6.45, 7) is 3.26. The number of amides is 1. The van der Waals surface area contributed by atoms with Crippen LogP contribution >= 0.6 is 15.9 Å². The molecule has 6 heteroatoms. The number of anilines is 1. The van der Waals surface area contributed by atoms with Crippen LogP contribution in [0.1, 0.15) is 18.4 Å². The number of ether oxygens (including phenoxy) is 3. The Balaban J connectivity index is 1.48. The fourth-order valence-corrected chi connectivity index (χ4v) is 2.93. The fraction of sp³-hybridized carbons (Fsp3) is 0.350. The minimum atomic E-state index is -0.221. The lowest BCUT2D eigenvalue weighted by molar-refractivity contribution is -0.118. The number of benzene rings is 2. The van der Waals surface area contributed by atoms with E-state index in [0.29, 0.717) is 23.8 Å². The Morgan fingerprint density at radius 3 is 2.85 bits per heavy atom. The molecule has 1 fully saturated rings. The summed E-state index contributed by atoms with van der Waals surface area (Å²) in [5, 5.41) is 2.82. The minimum Gasteiger partial charge on any atom is -0.491 e. The van der Waals surface area contributed by atoms with E-state index in [2.05, 4.69) is 21.2 Å². The number of carbonyl (C=O) groups is 1. The molecular weight excluding hydrogens is 398 g/mol. The summed E-state index contributed by atoms with van der Waals surface area (Å²) >= 11 is 3.44. The predicted molar refractivity (Wildman–Crippen MR) is 104 cm³/mol. The van der Waals surface area contributed by atoms with Gasteiger partial charge in [-0.15, -0.1) is 0 Å². The summed E-state index contributed by atoms with van der Waals surface area (Å²) in [4.78, 5) is 12.1. The van der Waals surface area contributed by atoms with E-state index in [4.69, 9.17) is 14.2 Å². The van der Waals surface area contributed by atoms with Crippen LogP contribution in [0.25, 0.3) is 0 Å². The quantitative estimate of drug-likeness (QED) is 0.725. The second-order valence-corrected chi connectivity index (χ2v) is 7.08. The molecule has 138 valence electrons. The summed E-state index contributed by atoms with van der Waals surface area (Å²) in [5.41, 5.74) is 1.73. The topological polar surface area (TPSA) is 56.8 Å². The molecule has 1 aliphatic heterocycles. The van der Waals surface area contributed by atoms with Crippen molar-refractivity contribution in [3.8, 4) is 11.5 Å². The molecule has 5 nitrogen and oxygen atoms in total. The SMILES string of the molecule is Cc1cc(OCC(=O)Nc2cccc(OCC3CCCO3)c2)ccc1Br. The molecule has 0 spiro atoms. The first kappa shape index (κ1) is 18.7. The molecule has 1 aliphatic rings. The lowest BCUT2D eigenvalue weighted by atomic mass is 10.2. The van der Waals surface area contributed by atoms with Gasteiger partial charge in [0.25, 0.3) is 5.91 Å². The lowest BCUT2D eigenvalue weighted by Crippen LogP contribution is -2.20. The maximum atomic E-state index is 12.1. The smallest absolute Gasteiger partial charge is 0.262 e. The van der Waals surface area contributed by atoms with Gasteiger partial charge in [-0.2, -0.15) is 0 Å². The molecule has 0 bridgehead atoms. The molecule has 1 saturated heterocycles. The zero-order valence-corrected chi connectivity index (χ0v) is 16.3. The van der Waals surface area contributed by atoms with Gasteiger partial charge in [0.15, 0.2) is 6.61 Å². The van der Waals surface area contributed by atoms with Crippen LogP contribution in [0.5, 0.6) is 11.5 Å².